The van der Waals surface area contributed by atoms with Crippen LogP contribution in [-0.4, -0.2) is 12.6 Å². The predicted molar refractivity (Wildman–Crippen MR) is 95.6 cm³/mol. The maximum Gasteiger partial charge on any atom is 0.315 e. The van der Waals surface area contributed by atoms with Crippen LogP contribution in [0.25, 0.3) is 0 Å². The van der Waals surface area contributed by atoms with Gasteiger partial charge in [0.1, 0.15) is 0 Å². The van der Waals surface area contributed by atoms with Gasteiger partial charge >= 0.3 is 6.03 Å². The van der Waals surface area contributed by atoms with Gasteiger partial charge in [0.05, 0.1) is 6.04 Å². The van der Waals surface area contributed by atoms with E-state index in [0.29, 0.717) is 6.54 Å². The van der Waals surface area contributed by atoms with Gasteiger partial charge in [0.2, 0.25) is 0 Å². The Kier molecular flexibility index (Phi) is 5.43. The molecule has 122 valence electrons. The monoisotopic (exact) mass is 310 g/mol. The van der Waals surface area contributed by atoms with Gasteiger partial charge in [0, 0.05) is 12.0 Å². The average Bonchev–Trinajstić information content (AvgIpc) is 2.54. The molecular weight excluding hydrogens is 284 g/mol. The van der Waals surface area contributed by atoms with E-state index in [1.807, 2.05) is 37.3 Å². The van der Waals surface area contributed by atoms with Crippen LogP contribution >= 0.6 is 0 Å². The highest BCUT2D eigenvalue weighted by atomic mass is 16.2. The molecule has 0 fully saturated rings. The zero-order valence-electron chi connectivity index (χ0n) is 14.4. The van der Waals surface area contributed by atoms with Crippen molar-refractivity contribution in [3.05, 3.63) is 71.3 Å². The first kappa shape index (κ1) is 17.1. The number of carbonyl (C=O) groups excluding carboxylic acids is 1. The summed E-state index contributed by atoms with van der Waals surface area (Å²) in [6, 6.07) is 18.3. The minimum atomic E-state index is -0.137. The summed E-state index contributed by atoms with van der Waals surface area (Å²) >= 11 is 0. The Balaban J connectivity index is 1.89. The number of benzene rings is 2. The second kappa shape index (κ2) is 7.32. The smallest absolute Gasteiger partial charge is 0.315 e. The van der Waals surface area contributed by atoms with Gasteiger partial charge in [0.25, 0.3) is 0 Å². The van der Waals surface area contributed by atoms with Crippen LogP contribution < -0.4 is 10.6 Å². The number of carbonyl (C=O) groups is 1. The lowest BCUT2D eigenvalue weighted by Gasteiger charge is -2.26. The first-order chi connectivity index (χ1) is 10.9. The van der Waals surface area contributed by atoms with Crippen LogP contribution in [0.2, 0.25) is 0 Å². The average molecular weight is 310 g/mol. The van der Waals surface area contributed by atoms with Crippen molar-refractivity contribution in [3.63, 3.8) is 0 Å². The molecule has 3 heteroatoms. The van der Waals surface area contributed by atoms with Crippen LogP contribution in [0.1, 0.15) is 43.5 Å². The van der Waals surface area contributed by atoms with Crippen molar-refractivity contribution in [1.82, 2.24) is 10.6 Å². The molecule has 0 saturated heterocycles. The van der Waals surface area contributed by atoms with Crippen molar-refractivity contribution in [2.75, 3.05) is 6.54 Å². The highest BCUT2D eigenvalue weighted by Crippen LogP contribution is 2.22. The quantitative estimate of drug-likeness (QED) is 0.848. The zero-order valence-corrected chi connectivity index (χ0v) is 14.4. The molecule has 2 aromatic rings. The SMILES string of the molecule is Cc1ccc(C(C)(C)CNC(=O)NC(C)c2ccccc2)cc1. The van der Waals surface area contributed by atoms with Crippen molar-refractivity contribution in [3.8, 4) is 0 Å². The summed E-state index contributed by atoms with van der Waals surface area (Å²) in [4.78, 5) is 12.1. The molecule has 2 aromatic carbocycles. The third-order valence-electron chi connectivity index (χ3n) is 4.17. The third kappa shape index (κ3) is 4.85. The van der Waals surface area contributed by atoms with E-state index < -0.39 is 0 Å². The molecule has 0 aliphatic carbocycles. The lowest BCUT2D eigenvalue weighted by molar-refractivity contribution is 0.235. The first-order valence-corrected chi connectivity index (χ1v) is 8.05. The summed E-state index contributed by atoms with van der Waals surface area (Å²) in [5.41, 5.74) is 3.45. The number of urea groups is 1. The van der Waals surface area contributed by atoms with E-state index in [2.05, 4.69) is 55.7 Å². The molecular formula is C20H26N2O. The molecule has 1 unspecified atom stereocenters. The number of amides is 2. The Morgan fingerprint density at radius 1 is 1.04 bits per heavy atom. The summed E-state index contributed by atoms with van der Waals surface area (Å²) < 4.78 is 0. The maximum absolute atomic E-state index is 12.1. The highest BCUT2D eigenvalue weighted by Gasteiger charge is 2.21. The Bertz CT molecular complexity index is 632. The highest BCUT2D eigenvalue weighted by molar-refractivity contribution is 5.74. The molecule has 1 atom stereocenters. The van der Waals surface area contributed by atoms with E-state index in [1.165, 1.54) is 11.1 Å². The van der Waals surface area contributed by atoms with Gasteiger partial charge in [-0.2, -0.15) is 0 Å². The van der Waals surface area contributed by atoms with E-state index in [0.717, 1.165) is 5.56 Å². The van der Waals surface area contributed by atoms with Crippen LogP contribution in [0.3, 0.4) is 0 Å². The third-order valence-corrected chi connectivity index (χ3v) is 4.17. The molecule has 0 aliphatic rings. The van der Waals surface area contributed by atoms with Gasteiger partial charge in [0.15, 0.2) is 0 Å². The number of rotatable bonds is 5. The molecule has 23 heavy (non-hydrogen) atoms. The number of hydrogen-bond acceptors (Lipinski definition) is 1. The van der Waals surface area contributed by atoms with Crippen molar-refractivity contribution in [2.24, 2.45) is 0 Å². The Morgan fingerprint density at radius 3 is 2.26 bits per heavy atom. The largest absolute Gasteiger partial charge is 0.337 e. The van der Waals surface area contributed by atoms with Crippen molar-refractivity contribution in [1.29, 1.82) is 0 Å². The summed E-state index contributed by atoms with van der Waals surface area (Å²) in [5, 5.41) is 5.97. The summed E-state index contributed by atoms with van der Waals surface area (Å²) in [6.07, 6.45) is 0. The Labute approximate surface area is 139 Å². The van der Waals surface area contributed by atoms with Crippen molar-refractivity contribution >= 4 is 6.03 Å². The fraction of sp³-hybridized carbons (Fsp3) is 0.350. The van der Waals surface area contributed by atoms with Gasteiger partial charge in [-0.15, -0.1) is 0 Å². The Morgan fingerprint density at radius 2 is 1.65 bits per heavy atom. The predicted octanol–water partition coefficient (Wildman–Crippen LogP) is 4.33. The zero-order chi connectivity index (χ0) is 16.9. The molecule has 0 spiro atoms. The molecule has 2 rings (SSSR count). The van der Waals surface area contributed by atoms with E-state index >= 15 is 0 Å². The van der Waals surface area contributed by atoms with Crippen LogP contribution in [0, 0.1) is 6.92 Å². The van der Waals surface area contributed by atoms with Crippen molar-refractivity contribution < 1.29 is 4.79 Å². The number of nitrogens with one attached hydrogen (secondary N) is 2. The van der Waals surface area contributed by atoms with Crippen LogP contribution in [0.5, 0.6) is 0 Å². The lowest BCUT2D eigenvalue weighted by atomic mass is 9.84. The van der Waals surface area contributed by atoms with Gasteiger partial charge in [-0.3, -0.25) is 0 Å². The minimum Gasteiger partial charge on any atom is -0.337 e. The van der Waals surface area contributed by atoms with E-state index in [9.17, 15) is 4.79 Å². The van der Waals surface area contributed by atoms with E-state index in [4.69, 9.17) is 0 Å². The number of hydrogen-bond donors (Lipinski definition) is 2. The molecule has 3 nitrogen and oxygen atoms in total. The molecule has 0 radical (unpaired) electrons. The van der Waals surface area contributed by atoms with Gasteiger partial charge in [-0.1, -0.05) is 74.0 Å². The molecule has 0 saturated carbocycles. The molecule has 0 aliphatic heterocycles. The lowest BCUT2D eigenvalue weighted by Crippen LogP contribution is -2.43. The van der Waals surface area contributed by atoms with Crippen LogP contribution in [0.4, 0.5) is 4.79 Å². The second-order valence-corrected chi connectivity index (χ2v) is 6.71. The summed E-state index contributed by atoms with van der Waals surface area (Å²) in [6.45, 7) is 8.92. The minimum absolute atomic E-state index is 0.0151. The topological polar surface area (TPSA) is 41.1 Å². The normalized spacial score (nSPS) is 12.5. The standard InChI is InChI=1S/C20H26N2O/c1-15-10-12-18(13-11-15)20(3,4)14-21-19(23)22-16(2)17-8-6-5-7-9-17/h5-13,16H,14H2,1-4H3,(H2,21,22,23). The van der Waals surface area contributed by atoms with Gasteiger partial charge in [-0.05, 0) is 25.0 Å². The molecule has 2 N–H and O–H groups in total. The second-order valence-electron chi connectivity index (χ2n) is 6.71. The number of aryl methyl sites for hydroxylation is 1. The first-order valence-electron chi connectivity index (χ1n) is 8.05. The molecule has 0 heterocycles. The molecule has 0 bridgehead atoms. The van der Waals surface area contributed by atoms with E-state index in [1.54, 1.807) is 0 Å². The van der Waals surface area contributed by atoms with Gasteiger partial charge in [-0.25, -0.2) is 4.79 Å². The Hall–Kier alpha value is -2.29. The summed E-state index contributed by atoms with van der Waals surface area (Å²) in [7, 11) is 0. The van der Waals surface area contributed by atoms with Crippen LogP contribution in [-0.2, 0) is 5.41 Å². The fourth-order valence-corrected chi connectivity index (χ4v) is 2.48. The van der Waals surface area contributed by atoms with Crippen LogP contribution in [0.15, 0.2) is 54.6 Å². The summed E-state index contributed by atoms with van der Waals surface area (Å²) in [5.74, 6) is 0. The molecule has 2 amide bonds. The van der Waals surface area contributed by atoms with Crippen molar-refractivity contribution in [2.45, 2.75) is 39.2 Å². The van der Waals surface area contributed by atoms with Gasteiger partial charge < -0.3 is 10.6 Å². The molecule has 0 aromatic heterocycles. The maximum atomic E-state index is 12.1. The van der Waals surface area contributed by atoms with E-state index in [-0.39, 0.29) is 17.5 Å². The fourth-order valence-electron chi connectivity index (χ4n) is 2.48.